The van der Waals surface area contributed by atoms with E-state index in [-0.39, 0.29) is 24.0 Å². The standard InChI is InChI=1S/C18H27N3O2.HI/c1-2-19-18(20-11-16(22)13-23-12-14-7-8-14)21-10-9-15-5-3-4-6-17(15)21;/h3-6,14,16,22H,2,7-13H2,1H3,(H,19,20);1H. The van der Waals surface area contributed by atoms with Crippen LogP contribution in [0.3, 0.4) is 0 Å². The number of ether oxygens (including phenoxy) is 1. The monoisotopic (exact) mass is 445 g/mol. The number of benzene rings is 1. The van der Waals surface area contributed by atoms with Crippen LogP contribution in [0.1, 0.15) is 25.3 Å². The summed E-state index contributed by atoms with van der Waals surface area (Å²) in [4.78, 5) is 6.81. The van der Waals surface area contributed by atoms with Crippen molar-refractivity contribution < 1.29 is 9.84 Å². The number of aliphatic imine (C=N–C) groups is 1. The molecule has 1 heterocycles. The number of aliphatic hydroxyl groups is 1. The summed E-state index contributed by atoms with van der Waals surface area (Å²) in [5.41, 5.74) is 2.57. The summed E-state index contributed by atoms with van der Waals surface area (Å²) in [7, 11) is 0. The van der Waals surface area contributed by atoms with Crippen molar-refractivity contribution in [3.63, 3.8) is 0 Å². The minimum absolute atomic E-state index is 0. The van der Waals surface area contributed by atoms with Gasteiger partial charge in [0.1, 0.15) is 0 Å². The minimum Gasteiger partial charge on any atom is -0.389 e. The molecule has 3 rings (SSSR count). The van der Waals surface area contributed by atoms with E-state index in [9.17, 15) is 5.11 Å². The Morgan fingerprint density at radius 3 is 2.96 bits per heavy atom. The molecule has 0 aromatic heterocycles. The Hall–Kier alpha value is -0.860. The molecule has 0 radical (unpaired) electrons. The van der Waals surface area contributed by atoms with Crippen LogP contribution in [-0.4, -0.2) is 50.0 Å². The maximum absolute atomic E-state index is 10.1. The quantitative estimate of drug-likeness (QED) is 0.385. The van der Waals surface area contributed by atoms with Crippen molar-refractivity contribution in [2.24, 2.45) is 10.9 Å². The van der Waals surface area contributed by atoms with E-state index in [2.05, 4.69) is 46.4 Å². The molecule has 1 fully saturated rings. The Bertz CT molecular complexity index is 549. The fourth-order valence-corrected chi connectivity index (χ4v) is 2.85. The van der Waals surface area contributed by atoms with Gasteiger partial charge in [0.25, 0.3) is 0 Å². The first-order chi connectivity index (χ1) is 11.3. The number of rotatable bonds is 7. The number of hydrogen-bond acceptors (Lipinski definition) is 3. The van der Waals surface area contributed by atoms with Crippen LogP contribution in [0.2, 0.25) is 0 Å². The lowest BCUT2D eigenvalue weighted by Crippen LogP contribution is -2.41. The van der Waals surface area contributed by atoms with Gasteiger partial charge < -0.3 is 20.1 Å². The van der Waals surface area contributed by atoms with Gasteiger partial charge in [0, 0.05) is 25.4 Å². The molecule has 24 heavy (non-hydrogen) atoms. The summed E-state index contributed by atoms with van der Waals surface area (Å²) in [6.07, 6.45) is 3.04. The largest absolute Gasteiger partial charge is 0.389 e. The normalized spacial score (nSPS) is 18.1. The zero-order valence-electron chi connectivity index (χ0n) is 14.3. The van der Waals surface area contributed by atoms with Crippen LogP contribution in [-0.2, 0) is 11.2 Å². The summed E-state index contributed by atoms with van der Waals surface area (Å²) in [6, 6.07) is 8.43. The lowest BCUT2D eigenvalue weighted by atomic mass is 10.2. The number of fused-ring (bicyclic) bond motifs is 1. The number of hydrogen-bond donors (Lipinski definition) is 2. The zero-order valence-corrected chi connectivity index (χ0v) is 16.6. The highest BCUT2D eigenvalue weighted by molar-refractivity contribution is 14.0. The van der Waals surface area contributed by atoms with Crippen molar-refractivity contribution in [2.75, 3.05) is 37.7 Å². The molecule has 1 aliphatic heterocycles. The fourth-order valence-electron chi connectivity index (χ4n) is 2.85. The smallest absolute Gasteiger partial charge is 0.198 e. The van der Waals surface area contributed by atoms with Gasteiger partial charge in [0.15, 0.2) is 5.96 Å². The van der Waals surface area contributed by atoms with E-state index in [1.54, 1.807) is 0 Å². The van der Waals surface area contributed by atoms with E-state index in [4.69, 9.17) is 4.74 Å². The van der Waals surface area contributed by atoms with Gasteiger partial charge >= 0.3 is 0 Å². The Balaban J connectivity index is 0.00000208. The van der Waals surface area contributed by atoms with Crippen LogP contribution in [0.25, 0.3) is 0 Å². The van der Waals surface area contributed by atoms with E-state index in [1.165, 1.54) is 24.1 Å². The highest BCUT2D eigenvalue weighted by Gasteiger charge is 2.23. The highest BCUT2D eigenvalue weighted by atomic mass is 127. The average molecular weight is 445 g/mol. The van der Waals surface area contributed by atoms with Gasteiger partial charge in [0.2, 0.25) is 0 Å². The third-order valence-electron chi connectivity index (χ3n) is 4.29. The van der Waals surface area contributed by atoms with Gasteiger partial charge in [-0.05, 0) is 43.7 Å². The minimum atomic E-state index is -0.541. The molecule has 2 N–H and O–H groups in total. The summed E-state index contributed by atoms with van der Waals surface area (Å²) in [5, 5.41) is 13.4. The SMILES string of the molecule is CCNC(=NCC(O)COCC1CC1)N1CCc2ccccc21.I. The van der Waals surface area contributed by atoms with E-state index < -0.39 is 6.10 Å². The van der Waals surface area contributed by atoms with E-state index >= 15 is 0 Å². The van der Waals surface area contributed by atoms with Crippen LogP contribution in [0.5, 0.6) is 0 Å². The third-order valence-corrected chi connectivity index (χ3v) is 4.29. The highest BCUT2D eigenvalue weighted by Crippen LogP contribution is 2.29. The molecule has 0 spiro atoms. The third kappa shape index (κ3) is 5.32. The summed E-state index contributed by atoms with van der Waals surface area (Å²) < 4.78 is 5.54. The first-order valence-electron chi connectivity index (χ1n) is 8.67. The molecule has 1 aromatic rings. The Morgan fingerprint density at radius 1 is 1.42 bits per heavy atom. The first kappa shape index (κ1) is 19.5. The lowest BCUT2D eigenvalue weighted by molar-refractivity contribution is 0.0368. The number of para-hydroxylation sites is 1. The van der Waals surface area contributed by atoms with E-state index in [0.29, 0.717) is 13.2 Å². The molecule has 0 bridgehead atoms. The van der Waals surface area contributed by atoms with E-state index in [0.717, 1.165) is 38.0 Å². The number of aliphatic hydroxyl groups excluding tert-OH is 1. The van der Waals surface area contributed by atoms with Gasteiger partial charge in [-0.25, -0.2) is 0 Å². The van der Waals surface area contributed by atoms with Gasteiger partial charge in [-0.2, -0.15) is 0 Å². The molecule has 1 saturated carbocycles. The Morgan fingerprint density at radius 2 is 2.21 bits per heavy atom. The van der Waals surface area contributed by atoms with Crippen LogP contribution in [0.15, 0.2) is 29.3 Å². The van der Waals surface area contributed by atoms with Gasteiger partial charge in [-0.3, -0.25) is 4.99 Å². The molecule has 134 valence electrons. The van der Waals surface area contributed by atoms with Crippen molar-refractivity contribution in [1.82, 2.24) is 5.32 Å². The Labute approximate surface area is 161 Å². The lowest BCUT2D eigenvalue weighted by Gasteiger charge is -2.22. The van der Waals surface area contributed by atoms with Crippen LogP contribution in [0, 0.1) is 5.92 Å². The summed E-state index contributed by atoms with van der Waals surface area (Å²) in [6.45, 7) is 5.32. The maximum Gasteiger partial charge on any atom is 0.198 e. The number of nitrogens with one attached hydrogen (secondary N) is 1. The molecule has 1 aromatic carbocycles. The summed E-state index contributed by atoms with van der Waals surface area (Å²) in [5.74, 6) is 1.57. The molecular weight excluding hydrogens is 417 g/mol. The molecular formula is C18H28IN3O2. The molecule has 2 aliphatic rings. The van der Waals surface area contributed by atoms with Crippen LogP contribution < -0.4 is 10.2 Å². The van der Waals surface area contributed by atoms with Gasteiger partial charge in [-0.15, -0.1) is 24.0 Å². The second-order valence-corrected chi connectivity index (χ2v) is 6.36. The molecule has 1 aliphatic carbocycles. The predicted molar refractivity (Wildman–Crippen MR) is 108 cm³/mol. The molecule has 0 saturated heterocycles. The van der Waals surface area contributed by atoms with Crippen molar-refractivity contribution in [1.29, 1.82) is 0 Å². The van der Waals surface area contributed by atoms with Gasteiger partial charge in [-0.1, -0.05) is 18.2 Å². The topological polar surface area (TPSA) is 57.1 Å². The Kier molecular flexibility index (Phi) is 7.77. The predicted octanol–water partition coefficient (Wildman–Crippen LogP) is 2.42. The van der Waals surface area contributed by atoms with E-state index in [1.807, 2.05) is 0 Å². The van der Waals surface area contributed by atoms with Crippen molar-refractivity contribution >= 4 is 35.6 Å². The maximum atomic E-state index is 10.1. The molecule has 5 nitrogen and oxygen atoms in total. The number of anilines is 1. The summed E-state index contributed by atoms with van der Waals surface area (Å²) >= 11 is 0. The molecule has 6 heteroatoms. The second kappa shape index (κ2) is 9.58. The number of nitrogens with zero attached hydrogens (tertiary/aromatic N) is 2. The molecule has 0 amide bonds. The van der Waals surface area contributed by atoms with Crippen molar-refractivity contribution in [3.8, 4) is 0 Å². The van der Waals surface area contributed by atoms with Crippen molar-refractivity contribution in [2.45, 2.75) is 32.3 Å². The molecule has 1 atom stereocenters. The van der Waals surface area contributed by atoms with Crippen LogP contribution in [0.4, 0.5) is 5.69 Å². The van der Waals surface area contributed by atoms with Gasteiger partial charge in [0.05, 0.1) is 19.3 Å². The number of guanidine groups is 1. The fraction of sp³-hybridized carbons (Fsp3) is 0.611. The average Bonchev–Trinajstić information content (AvgIpc) is 3.29. The zero-order chi connectivity index (χ0) is 16.1. The second-order valence-electron chi connectivity index (χ2n) is 6.36. The van der Waals surface area contributed by atoms with Crippen LogP contribution >= 0.6 is 24.0 Å². The van der Waals surface area contributed by atoms with Crippen molar-refractivity contribution in [3.05, 3.63) is 29.8 Å². The number of halogens is 1. The first-order valence-corrected chi connectivity index (χ1v) is 8.67. The molecule has 1 unspecified atom stereocenters.